The number of fused-ring (bicyclic) bond motifs is 1. The lowest BCUT2D eigenvalue weighted by Crippen LogP contribution is -1.92. The Labute approximate surface area is 75.4 Å². The number of aromatic nitrogens is 2. The Hall–Kier alpha value is -1.51. The maximum Gasteiger partial charge on any atom is 0.128 e. The van der Waals surface area contributed by atoms with Crippen molar-refractivity contribution in [2.24, 2.45) is 0 Å². The molecule has 0 saturated heterocycles. The predicted molar refractivity (Wildman–Crippen MR) is 49.0 cm³/mol. The van der Waals surface area contributed by atoms with E-state index in [9.17, 15) is 4.39 Å². The molecular formula is C10H9FN2. The lowest BCUT2D eigenvalue weighted by atomic mass is 10.1. The Morgan fingerprint density at radius 2 is 2.00 bits per heavy atom. The average molecular weight is 176 g/mol. The van der Waals surface area contributed by atoms with Crippen LogP contribution in [0.2, 0.25) is 0 Å². The SMILES string of the molecule is Cc1cnnc2c(C)c(F)ccc12. The van der Waals surface area contributed by atoms with Crippen molar-refractivity contribution >= 4 is 10.9 Å². The normalized spacial score (nSPS) is 10.7. The fraction of sp³-hybridized carbons (Fsp3) is 0.200. The van der Waals surface area contributed by atoms with Crippen molar-refractivity contribution in [3.8, 4) is 0 Å². The van der Waals surface area contributed by atoms with Gasteiger partial charge in [0.15, 0.2) is 0 Å². The van der Waals surface area contributed by atoms with Crippen LogP contribution in [-0.4, -0.2) is 10.2 Å². The summed E-state index contributed by atoms with van der Waals surface area (Å²) < 4.78 is 13.1. The lowest BCUT2D eigenvalue weighted by Gasteiger charge is -2.02. The van der Waals surface area contributed by atoms with E-state index in [0.717, 1.165) is 10.9 Å². The predicted octanol–water partition coefficient (Wildman–Crippen LogP) is 2.39. The van der Waals surface area contributed by atoms with Crippen LogP contribution in [0.3, 0.4) is 0 Å². The number of hydrogen-bond acceptors (Lipinski definition) is 2. The van der Waals surface area contributed by atoms with Gasteiger partial charge in [0, 0.05) is 10.9 Å². The molecule has 0 N–H and O–H groups in total. The third-order valence-electron chi connectivity index (χ3n) is 2.20. The Morgan fingerprint density at radius 3 is 2.77 bits per heavy atom. The van der Waals surface area contributed by atoms with Crippen molar-refractivity contribution in [3.63, 3.8) is 0 Å². The summed E-state index contributed by atoms with van der Waals surface area (Å²) in [6.45, 7) is 3.65. The van der Waals surface area contributed by atoms with Gasteiger partial charge in [-0.3, -0.25) is 0 Å². The molecule has 0 radical (unpaired) electrons. The summed E-state index contributed by atoms with van der Waals surface area (Å²) in [5.74, 6) is -0.229. The van der Waals surface area contributed by atoms with Gasteiger partial charge in [0.1, 0.15) is 5.82 Å². The lowest BCUT2D eigenvalue weighted by molar-refractivity contribution is 0.620. The van der Waals surface area contributed by atoms with Crippen LogP contribution in [0.1, 0.15) is 11.1 Å². The molecule has 0 fully saturated rings. The molecule has 0 amide bonds. The molecule has 1 heterocycles. The minimum Gasteiger partial charge on any atom is -0.207 e. The second-order valence-electron chi connectivity index (χ2n) is 3.10. The van der Waals surface area contributed by atoms with Gasteiger partial charge in [0.05, 0.1) is 11.7 Å². The first-order valence-corrected chi connectivity index (χ1v) is 4.07. The molecule has 66 valence electrons. The summed E-state index contributed by atoms with van der Waals surface area (Å²) in [7, 11) is 0. The Balaban J connectivity index is 2.94. The molecule has 0 spiro atoms. The first-order valence-electron chi connectivity index (χ1n) is 4.07. The summed E-state index contributed by atoms with van der Waals surface area (Å²) in [6.07, 6.45) is 1.68. The molecule has 0 aliphatic heterocycles. The number of rotatable bonds is 0. The van der Waals surface area contributed by atoms with Crippen molar-refractivity contribution in [1.29, 1.82) is 0 Å². The number of nitrogens with zero attached hydrogens (tertiary/aromatic N) is 2. The largest absolute Gasteiger partial charge is 0.207 e. The summed E-state index contributed by atoms with van der Waals surface area (Å²) in [4.78, 5) is 0. The summed E-state index contributed by atoms with van der Waals surface area (Å²) >= 11 is 0. The molecule has 0 aliphatic carbocycles. The van der Waals surface area contributed by atoms with E-state index in [-0.39, 0.29) is 5.82 Å². The van der Waals surface area contributed by atoms with Crippen molar-refractivity contribution < 1.29 is 4.39 Å². The highest BCUT2D eigenvalue weighted by atomic mass is 19.1. The van der Waals surface area contributed by atoms with Gasteiger partial charge in [-0.25, -0.2) is 4.39 Å². The number of benzene rings is 1. The van der Waals surface area contributed by atoms with E-state index >= 15 is 0 Å². The molecule has 2 nitrogen and oxygen atoms in total. The van der Waals surface area contributed by atoms with E-state index in [1.54, 1.807) is 19.2 Å². The number of halogens is 1. The van der Waals surface area contributed by atoms with Crippen molar-refractivity contribution in [1.82, 2.24) is 10.2 Å². The van der Waals surface area contributed by atoms with Crippen LogP contribution in [0.5, 0.6) is 0 Å². The van der Waals surface area contributed by atoms with E-state index in [1.165, 1.54) is 6.07 Å². The van der Waals surface area contributed by atoms with Crippen molar-refractivity contribution in [2.45, 2.75) is 13.8 Å². The molecule has 13 heavy (non-hydrogen) atoms. The molecule has 2 rings (SSSR count). The Morgan fingerprint density at radius 1 is 1.23 bits per heavy atom. The number of hydrogen-bond donors (Lipinski definition) is 0. The molecule has 0 atom stereocenters. The van der Waals surface area contributed by atoms with Crippen LogP contribution in [-0.2, 0) is 0 Å². The van der Waals surface area contributed by atoms with Gasteiger partial charge in [-0.2, -0.15) is 10.2 Å². The molecule has 0 aliphatic rings. The molecule has 0 saturated carbocycles. The van der Waals surface area contributed by atoms with Crippen LogP contribution >= 0.6 is 0 Å². The van der Waals surface area contributed by atoms with Crippen LogP contribution < -0.4 is 0 Å². The van der Waals surface area contributed by atoms with Crippen molar-refractivity contribution in [3.05, 3.63) is 35.3 Å². The minimum absolute atomic E-state index is 0.229. The van der Waals surface area contributed by atoms with E-state index in [0.29, 0.717) is 11.1 Å². The van der Waals surface area contributed by atoms with E-state index in [1.807, 2.05) is 6.92 Å². The molecular weight excluding hydrogens is 167 g/mol. The van der Waals surface area contributed by atoms with Gasteiger partial charge >= 0.3 is 0 Å². The average Bonchev–Trinajstić information content (AvgIpc) is 2.12. The Bertz CT molecular complexity index is 466. The zero-order valence-electron chi connectivity index (χ0n) is 7.50. The molecule has 1 aromatic carbocycles. The second-order valence-corrected chi connectivity index (χ2v) is 3.10. The van der Waals surface area contributed by atoms with Crippen LogP contribution in [0.4, 0.5) is 4.39 Å². The van der Waals surface area contributed by atoms with Crippen LogP contribution in [0, 0.1) is 19.7 Å². The van der Waals surface area contributed by atoms with Crippen LogP contribution in [0.15, 0.2) is 18.3 Å². The smallest absolute Gasteiger partial charge is 0.128 e. The first kappa shape index (κ1) is 8.10. The van der Waals surface area contributed by atoms with Gasteiger partial charge in [0.2, 0.25) is 0 Å². The fourth-order valence-electron chi connectivity index (χ4n) is 1.37. The topological polar surface area (TPSA) is 25.8 Å². The monoisotopic (exact) mass is 176 g/mol. The summed E-state index contributed by atoms with van der Waals surface area (Å²) in [5.41, 5.74) is 2.24. The van der Waals surface area contributed by atoms with Gasteiger partial charge in [0.25, 0.3) is 0 Å². The maximum atomic E-state index is 13.1. The molecule has 1 aromatic heterocycles. The third-order valence-corrected chi connectivity index (χ3v) is 2.20. The highest BCUT2D eigenvalue weighted by molar-refractivity contribution is 5.83. The number of aryl methyl sites for hydroxylation is 2. The quantitative estimate of drug-likeness (QED) is 0.616. The molecule has 0 bridgehead atoms. The first-order chi connectivity index (χ1) is 6.20. The third kappa shape index (κ3) is 1.16. The summed E-state index contributed by atoms with van der Waals surface area (Å²) in [6, 6.07) is 3.20. The Kier molecular flexibility index (Phi) is 1.72. The standard InChI is InChI=1S/C10H9FN2/c1-6-5-12-13-10-7(2)9(11)4-3-8(6)10/h3-5H,1-2H3. The van der Waals surface area contributed by atoms with E-state index < -0.39 is 0 Å². The molecule has 2 aromatic rings. The molecule has 3 heteroatoms. The van der Waals surface area contributed by atoms with Gasteiger partial charge in [-0.05, 0) is 31.5 Å². The minimum atomic E-state index is -0.229. The van der Waals surface area contributed by atoms with Gasteiger partial charge in [-0.15, -0.1) is 0 Å². The van der Waals surface area contributed by atoms with Crippen LogP contribution in [0.25, 0.3) is 10.9 Å². The highest BCUT2D eigenvalue weighted by Crippen LogP contribution is 2.20. The second kappa shape index (κ2) is 2.76. The summed E-state index contributed by atoms with van der Waals surface area (Å²) in [5, 5.41) is 8.68. The van der Waals surface area contributed by atoms with Gasteiger partial charge < -0.3 is 0 Å². The van der Waals surface area contributed by atoms with Crippen molar-refractivity contribution in [2.75, 3.05) is 0 Å². The maximum absolute atomic E-state index is 13.1. The zero-order chi connectivity index (χ0) is 9.42. The fourth-order valence-corrected chi connectivity index (χ4v) is 1.37. The highest BCUT2D eigenvalue weighted by Gasteiger charge is 2.05. The van der Waals surface area contributed by atoms with E-state index in [2.05, 4.69) is 10.2 Å². The molecule has 0 unspecified atom stereocenters. The zero-order valence-corrected chi connectivity index (χ0v) is 7.50. The van der Waals surface area contributed by atoms with E-state index in [4.69, 9.17) is 0 Å². The van der Waals surface area contributed by atoms with Gasteiger partial charge in [-0.1, -0.05) is 0 Å².